The van der Waals surface area contributed by atoms with Gasteiger partial charge in [0.05, 0.1) is 18.1 Å². The van der Waals surface area contributed by atoms with Crippen LogP contribution in [0.15, 0.2) is 36.4 Å². The molecule has 0 unspecified atom stereocenters. The van der Waals surface area contributed by atoms with E-state index < -0.39 is 30.0 Å². The molecule has 0 spiro atoms. The van der Waals surface area contributed by atoms with Crippen LogP contribution < -0.4 is 4.90 Å². The second-order valence-electron chi connectivity index (χ2n) is 6.23. The molecular weight excluding hydrogens is 282 g/mol. The molecule has 0 saturated carbocycles. The minimum Gasteiger partial charge on any atom is -0.481 e. The monoisotopic (exact) mass is 299 g/mol. The molecule has 3 aliphatic rings. The van der Waals surface area contributed by atoms with E-state index in [0.29, 0.717) is 0 Å². The molecule has 1 saturated heterocycles. The first kappa shape index (κ1) is 13.5. The lowest BCUT2D eigenvalue weighted by Gasteiger charge is -2.29. The summed E-state index contributed by atoms with van der Waals surface area (Å²) < 4.78 is 5.62. The van der Waals surface area contributed by atoms with Crippen LogP contribution in [0.25, 0.3) is 0 Å². The number of para-hydroxylation sites is 1. The van der Waals surface area contributed by atoms with E-state index in [4.69, 9.17) is 4.74 Å². The highest BCUT2D eigenvalue weighted by molar-refractivity contribution is 6.00. The summed E-state index contributed by atoms with van der Waals surface area (Å²) in [5.74, 6) is -2.53. The van der Waals surface area contributed by atoms with E-state index in [1.54, 1.807) is 11.0 Å². The molecule has 0 aromatic heterocycles. The van der Waals surface area contributed by atoms with Gasteiger partial charge in [0.1, 0.15) is 5.92 Å². The largest absolute Gasteiger partial charge is 0.481 e. The summed E-state index contributed by atoms with van der Waals surface area (Å²) in [5, 5.41) is 9.47. The number of hydrogen-bond donors (Lipinski definition) is 1. The van der Waals surface area contributed by atoms with Crippen molar-refractivity contribution in [3.05, 3.63) is 42.0 Å². The Labute approximate surface area is 128 Å². The van der Waals surface area contributed by atoms with Gasteiger partial charge >= 0.3 is 5.97 Å². The second-order valence-corrected chi connectivity index (χ2v) is 6.23. The van der Waals surface area contributed by atoms with Gasteiger partial charge in [0, 0.05) is 11.7 Å². The molecule has 2 bridgehead atoms. The molecule has 3 aliphatic heterocycles. The second kappa shape index (κ2) is 4.68. The molecule has 1 fully saturated rings. The van der Waals surface area contributed by atoms with Crippen molar-refractivity contribution in [2.24, 2.45) is 11.8 Å². The standard InChI is InChI=1S/C17H17NO4/c1-9-8-10-4-2-3-5-11(10)18(9)16(19)14-12-6-7-13(22-12)15(14)17(20)21/h2-7,9,12-15H,8H2,1H3,(H,20,21)/t9-,12-,13-,14-,15+/m1/s1. The van der Waals surface area contributed by atoms with E-state index in [9.17, 15) is 14.7 Å². The molecule has 5 heteroatoms. The van der Waals surface area contributed by atoms with Crippen LogP contribution in [0.3, 0.4) is 0 Å². The highest BCUT2D eigenvalue weighted by Crippen LogP contribution is 2.43. The average Bonchev–Trinajstić information content (AvgIpc) is 3.17. The summed E-state index contributed by atoms with van der Waals surface area (Å²) in [5.41, 5.74) is 2.03. The molecule has 4 rings (SSSR count). The van der Waals surface area contributed by atoms with E-state index in [-0.39, 0.29) is 11.9 Å². The Kier molecular flexibility index (Phi) is 2.87. The van der Waals surface area contributed by atoms with E-state index in [2.05, 4.69) is 0 Å². The highest BCUT2D eigenvalue weighted by Gasteiger charge is 2.55. The first-order valence-corrected chi connectivity index (χ1v) is 7.55. The molecule has 5 nitrogen and oxygen atoms in total. The Bertz CT molecular complexity index is 683. The molecule has 0 radical (unpaired) electrons. The fourth-order valence-corrected chi connectivity index (χ4v) is 3.96. The molecule has 114 valence electrons. The number of amides is 1. The maximum atomic E-state index is 13.1. The number of nitrogens with zero attached hydrogens (tertiary/aromatic N) is 1. The van der Waals surface area contributed by atoms with E-state index in [1.165, 1.54) is 0 Å². The average molecular weight is 299 g/mol. The number of carboxylic acid groups (broad SMARTS) is 1. The molecule has 5 atom stereocenters. The summed E-state index contributed by atoms with van der Waals surface area (Å²) in [6.45, 7) is 2.00. The van der Waals surface area contributed by atoms with Crippen LogP contribution in [0, 0.1) is 11.8 Å². The molecule has 3 heterocycles. The van der Waals surface area contributed by atoms with Crippen LogP contribution in [0.1, 0.15) is 12.5 Å². The third kappa shape index (κ3) is 1.75. The van der Waals surface area contributed by atoms with Gasteiger partial charge in [0.2, 0.25) is 5.91 Å². The minimum atomic E-state index is -0.963. The van der Waals surface area contributed by atoms with Crippen molar-refractivity contribution in [2.45, 2.75) is 31.6 Å². The Hall–Kier alpha value is -2.14. The topological polar surface area (TPSA) is 66.8 Å². The Morgan fingerprint density at radius 1 is 1.18 bits per heavy atom. The first-order valence-electron chi connectivity index (χ1n) is 7.55. The summed E-state index contributed by atoms with van der Waals surface area (Å²) in [7, 11) is 0. The van der Waals surface area contributed by atoms with Crippen LogP contribution in [-0.4, -0.2) is 35.2 Å². The number of ether oxygens (including phenoxy) is 1. The molecule has 1 aromatic rings. The summed E-state index contributed by atoms with van der Waals surface area (Å²) in [6.07, 6.45) is 3.48. The number of rotatable bonds is 2. The number of aliphatic carboxylic acids is 1. The van der Waals surface area contributed by atoms with Gasteiger partial charge in [-0.3, -0.25) is 9.59 Å². The predicted octanol–water partition coefficient (Wildman–Crippen LogP) is 1.62. The lowest BCUT2D eigenvalue weighted by atomic mass is 9.82. The molecule has 22 heavy (non-hydrogen) atoms. The van der Waals surface area contributed by atoms with Crippen LogP contribution in [0.2, 0.25) is 0 Å². The van der Waals surface area contributed by atoms with E-state index in [0.717, 1.165) is 17.7 Å². The zero-order valence-corrected chi connectivity index (χ0v) is 12.2. The Morgan fingerprint density at radius 2 is 1.86 bits per heavy atom. The fraction of sp³-hybridized carbons (Fsp3) is 0.412. The van der Waals surface area contributed by atoms with Gasteiger partial charge in [-0.25, -0.2) is 0 Å². The van der Waals surface area contributed by atoms with E-state index >= 15 is 0 Å². The molecule has 1 aromatic carbocycles. The van der Waals surface area contributed by atoms with Crippen molar-refractivity contribution < 1.29 is 19.4 Å². The fourth-order valence-electron chi connectivity index (χ4n) is 3.96. The number of carbonyl (C=O) groups is 2. The van der Waals surface area contributed by atoms with Crippen LogP contribution in [-0.2, 0) is 20.7 Å². The Balaban J connectivity index is 1.70. The number of anilines is 1. The quantitative estimate of drug-likeness (QED) is 0.843. The van der Waals surface area contributed by atoms with Crippen molar-refractivity contribution in [3.63, 3.8) is 0 Å². The molecule has 0 aliphatic carbocycles. The summed E-state index contributed by atoms with van der Waals surface area (Å²) >= 11 is 0. The van der Waals surface area contributed by atoms with E-state index in [1.807, 2.05) is 37.3 Å². The van der Waals surface area contributed by atoms with Crippen molar-refractivity contribution >= 4 is 17.6 Å². The van der Waals surface area contributed by atoms with Gasteiger partial charge < -0.3 is 14.7 Å². The summed E-state index contributed by atoms with van der Waals surface area (Å²) in [4.78, 5) is 26.4. The van der Waals surface area contributed by atoms with Crippen LogP contribution >= 0.6 is 0 Å². The third-order valence-corrected chi connectivity index (χ3v) is 4.91. The minimum absolute atomic E-state index is 0.0439. The van der Waals surface area contributed by atoms with Gasteiger partial charge in [-0.05, 0) is 25.0 Å². The summed E-state index contributed by atoms with van der Waals surface area (Å²) in [6, 6.07) is 7.86. The smallest absolute Gasteiger partial charge is 0.310 e. The van der Waals surface area contributed by atoms with Crippen molar-refractivity contribution in [3.8, 4) is 0 Å². The zero-order valence-electron chi connectivity index (χ0n) is 12.2. The normalized spacial score (nSPS) is 35.0. The van der Waals surface area contributed by atoms with Crippen molar-refractivity contribution in [1.82, 2.24) is 0 Å². The lowest BCUT2D eigenvalue weighted by molar-refractivity contribution is -0.146. The predicted molar refractivity (Wildman–Crippen MR) is 79.5 cm³/mol. The molecule has 1 N–H and O–H groups in total. The van der Waals surface area contributed by atoms with Crippen LogP contribution in [0.5, 0.6) is 0 Å². The molecule has 1 amide bonds. The first-order chi connectivity index (χ1) is 10.6. The van der Waals surface area contributed by atoms with Crippen LogP contribution in [0.4, 0.5) is 5.69 Å². The third-order valence-electron chi connectivity index (χ3n) is 4.91. The van der Waals surface area contributed by atoms with Crippen molar-refractivity contribution in [2.75, 3.05) is 4.90 Å². The SMILES string of the molecule is C[C@@H]1Cc2ccccc2N1C(=O)[C@H]1[C@@H](C(=O)O)[C@H]2C=C[C@H]1O2. The van der Waals surface area contributed by atoms with Crippen molar-refractivity contribution in [1.29, 1.82) is 0 Å². The number of carboxylic acids is 1. The Morgan fingerprint density at radius 3 is 2.59 bits per heavy atom. The number of hydrogen-bond acceptors (Lipinski definition) is 3. The highest BCUT2D eigenvalue weighted by atomic mass is 16.5. The van der Waals surface area contributed by atoms with Gasteiger partial charge in [-0.1, -0.05) is 30.4 Å². The molecular formula is C17H17NO4. The number of fused-ring (bicyclic) bond motifs is 3. The maximum Gasteiger partial charge on any atom is 0.310 e. The van der Waals surface area contributed by atoms with Gasteiger partial charge in [-0.2, -0.15) is 0 Å². The lowest BCUT2D eigenvalue weighted by Crippen LogP contribution is -2.47. The number of benzene rings is 1. The van der Waals surface area contributed by atoms with Gasteiger partial charge in [0.15, 0.2) is 0 Å². The van der Waals surface area contributed by atoms with Gasteiger partial charge in [0.25, 0.3) is 0 Å². The number of carbonyl (C=O) groups excluding carboxylic acids is 1. The maximum absolute atomic E-state index is 13.1. The van der Waals surface area contributed by atoms with Gasteiger partial charge in [-0.15, -0.1) is 0 Å². The zero-order chi connectivity index (χ0) is 15.4.